The number of ketones is 1. The lowest BCUT2D eigenvalue weighted by Gasteiger charge is -2.30. The minimum absolute atomic E-state index is 0.0627. The highest BCUT2D eigenvalue weighted by Gasteiger charge is 2.32. The summed E-state index contributed by atoms with van der Waals surface area (Å²) in [7, 11) is 0. The molecule has 0 saturated heterocycles. The number of Topliss-reactive ketones (excluding diaryl/α,β-unsaturated/α-hetero) is 1. The van der Waals surface area contributed by atoms with Crippen LogP contribution in [0.1, 0.15) is 59.8 Å². The zero-order chi connectivity index (χ0) is 15.1. The fraction of sp³-hybridized carbons (Fsp3) is 0.875. The third kappa shape index (κ3) is 5.51. The molecule has 116 valence electrons. The zero-order valence-electron chi connectivity index (χ0n) is 13.3. The molecule has 1 N–H and O–H groups in total. The number of nitrogens with one attached hydrogen (secondary N) is 1. The number of carbonyl (C=O) groups is 2. The minimum Gasteiger partial charge on any atom is -0.449 e. The van der Waals surface area contributed by atoms with E-state index < -0.39 is 6.09 Å². The van der Waals surface area contributed by atoms with Crippen LogP contribution >= 0.6 is 0 Å². The maximum absolute atomic E-state index is 12.3. The molecule has 1 aliphatic rings. The first-order valence-electron chi connectivity index (χ1n) is 7.88. The van der Waals surface area contributed by atoms with Crippen molar-refractivity contribution in [3.63, 3.8) is 0 Å². The van der Waals surface area contributed by atoms with E-state index in [0.717, 1.165) is 25.7 Å². The van der Waals surface area contributed by atoms with Crippen LogP contribution in [0.2, 0.25) is 0 Å². The third-order valence-corrected chi connectivity index (χ3v) is 3.82. The maximum Gasteiger partial charge on any atom is 0.407 e. The average molecular weight is 283 g/mol. The summed E-state index contributed by atoms with van der Waals surface area (Å²) in [6.07, 6.45) is 5.12. The van der Waals surface area contributed by atoms with Crippen LogP contribution in [0.3, 0.4) is 0 Å². The Morgan fingerprint density at radius 1 is 1.10 bits per heavy atom. The van der Waals surface area contributed by atoms with Crippen LogP contribution < -0.4 is 5.32 Å². The lowest BCUT2D eigenvalue weighted by Crippen LogP contribution is -2.48. The first-order valence-corrected chi connectivity index (χ1v) is 7.88. The van der Waals surface area contributed by atoms with Crippen molar-refractivity contribution in [2.24, 2.45) is 17.8 Å². The Labute approximate surface area is 122 Å². The van der Waals surface area contributed by atoms with Gasteiger partial charge in [-0.1, -0.05) is 47.0 Å². The second-order valence-corrected chi connectivity index (χ2v) is 6.57. The van der Waals surface area contributed by atoms with Gasteiger partial charge in [0.1, 0.15) is 0 Å². The van der Waals surface area contributed by atoms with Gasteiger partial charge in [-0.15, -0.1) is 0 Å². The van der Waals surface area contributed by atoms with Crippen molar-refractivity contribution in [3.8, 4) is 0 Å². The number of rotatable bonds is 6. The number of hydrogen-bond donors (Lipinski definition) is 1. The van der Waals surface area contributed by atoms with Gasteiger partial charge in [0.2, 0.25) is 0 Å². The van der Waals surface area contributed by atoms with E-state index in [2.05, 4.69) is 5.32 Å². The third-order valence-electron chi connectivity index (χ3n) is 3.82. The van der Waals surface area contributed by atoms with Crippen LogP contribution in [0.25, 0.3) is 0 Å². The second kappa shape index (κ2) is 8.28. The van der Waals surface area contributed by atoms with Crippen LogP contribution in [0, 0.1) is 17.8 Å². The predicted octanol–water partition coefficient (Wildman–Crippen LogP) is 3.54. The molecular weight excluding hydrogens is 254 g/mol. The topological polar surface area (TPSA) is 55.4 Å². The molecule has 1 aliphatic carbocycles. The van der Waals surface area contributed by atoms with Gasteiger partial charge in [-0.05, 0) is 24.7 Å². The van der Waals surface area contributed by atoms with Gasteiger partial charge in [0.05, 0.1) is 12.6 Å². The molecule has 1 fully saturated rings. The second-order valence-electron chi connectivity index (χ2n) is 6.57. The number of alkyl carbamates (subject to hydrolysis) is 1. The monoisotopic (exact) mass is 283 g/mol. The summed E-state index contributed by atoms with van der Waals surface area (Å²) in [5, 5.41) is 2.81. The number of hydrogen-bond acceptors (Lipinski definition) is 3. The summed E-state index contributed by atoms with van der Waals surface area (Å²) in [4.78, 5) is 24.2. The fourth-order valence-electron chi connectivity index (χ4n) is 2.66. The lowest BCUT2D eigenvalue weighted by atomic mass is 9.80. The molecule has 20 heavy (non-hydrogen) atoms. The van der Waals surface area contributed by atoms with Crippen molar-refractivity contribution in [2.45, 2.75) is 65.8 Å². The molecule has 0 unspecified atom stereocenters. The molecule has 0 aromatic rings. The fourth-order valence-corrected chi connectivity index (χ4v) is 2.66. The summed E-state index contributed by atoms with van der Waals surface area (Å²) in [5.41, 5.74) is 0. The Bertz CT molecular complexity index is 320. The van der Waals surface area contributed by atoms with Crippen molar-refractivity contribution in [1.82, 2.24) is 5.32 Å². The van der Waals surface area contributed by atoms with E-state index in [-0.39, 0.29) is 23.7 Å². The quantitative estimate of drug-likeness (QED) is 0.811. The summed E-state index contributed by atoms with van der Waals surface area (Å²) in [5.74, 6) is 0.630. The minimum atomic E-state index is -0.455. The van der Waals surface area contributed by atoms with Crippen molar-refractivity contribution >= 4 is 11.9 Å². The first kappa shape index (κ1) is 17.0. The largest absolute Gasteiger partial charge is 0.449 e. The summed E-state index contributed by atoms with van der Waals surface area (Å²) < 4.78 is 5.15. The molecule has 4 heteroatoms. The van der Waals surface area contributed by atoms with Gasteiger partial charge < -0.3 is 10.1 Å². The maximum atomic E-state index is 12.3. The summed E-state index contributed by atoms with van der Waals surface area (Å²) in [6.45, 7) is 8.15. The van der Waals surface area contributed by atoms with Crippen LogP contribution in [0.4, 0.5) is 4.79 Å². The van der Waals surface area contributed by atoms with Crippen LogP contribution in [0.15, 0.2) is 0 Å². The molecule has 1 amide bonds. The van der Waals surface area contributed by atoms with Crippen LogP contribution in [0.5, 0.6) is 0 Å². The van der Waals surface area contributed by atoms with E-state index in [9.17, 15) is 9.59 Å². The SMILES string of the molecule is CC(C)COC(=O)N[C@H](C(=O)C(C)C)C1CCCCC1. The predicted molar refractivity (Wildman–Crippen MR) is 79.5 cm³/mol. The molecule has 0 bridgehead atoms. The Hall–Kier alpha value is -1.06. The molecule has 0 spiro atoms. The molecule has 0 aliphatic heterocycles. The van der Waals surface area contributed by atoms with E-state index in [1.807, 2.05) is 27.7 Å². The number of carbonyl (C=O) groups excluding carboxylic acids is 2. The Balaban J connectivity index is 2.62. The molecule has 0 aromatic heterocycles. The standard InChI is InChI=1S/C16H29NO3/c1-11(2)10-20-16(19)17-14(15(18)12(3)4)13-8-6-5-7-9-13/h11-14H,5-10H2,1-4H3,(H,17,19)/t14-/m0/s1. The molecule has 1 saturated carbocycles. The molecule has 0 aromatic carbocycles. The van der Waals surface area contributed by atoms with Crippen molar-refractivity contribution in [2.75, 3.05) is 6.61 Å². The highest BCUT2D eigenvalue weighted by atomic mass is 16.5. The number of ether oxygens (including phenoxy) is 1. The zero-order valence-corrected chi connectivity index (χ0v) is 13.3. The lowest BCUT2D eigenvalue weighted by molar-refractivity contribution is -0.125. The summed E-state index contributed by atoms with van der Waals surface area (Å²) >= 11 is 0. The van der Waals surface area contributed by atoms with E-state index in [1.54, 1.807) is 0 Å². The van der Waals surface area contributed by atoms with E-state index >= 15 is 0 Å². The van der Waals surface area contributed by atoms with E-state index in [4.69, 9.17) is 4.74 Å². The average Bonchev–Trinajstić information content (AvgIpc) is 2.42. The summed E-state index contributed by atoms with van der Waals surface area (Å²) in [6, 6.07) is -0.380. The van der Waals surface area contributed by atoms with Gasteiger partial charge in [0.15, 0.2) is 5.78 Å². The molecule has 0 radical (unpaired) electrons. The van der Waals surface area contributed by atoms with Crippen molar-refractivity contribution < 1.29 is 14.3 Å². The smallest absolute Gasteiger partial charge is 0.407 e. The van der Waals surface area contributed by atoms with Gasteiger partial charge in [-0.25, -0.2) is 4.79 Å². The van der Waals surface area contributed by atoms with Crippen molar-refractivity contribution in [1.29, 1.82) is 0 Å². The highest BCUT2D eigenvalue weighted by Crippen LogP contribution is 2.28. The van der Waals surface area contributed by atoms with Crippen LogP contribution in [-0.4, -0.2) is 24.5 Å². The molecular formula is C16H29NO3. The highest BCUT2D eigenvalue weighted by molar-refractivity contribution is 5.89. The molecule has 1 rings (SSSR count). The molecule has 4 nitrogen and oxygen atoms in total. The van der Waals surface area contributed by atoms with Gasteiger partial charge in [-0.3, -0.25) is 4.79 Å². The van der Waals surface area contributed by atoms with Crippen molar-refractivity contribution in [3.05, 3.63) is 0 Å². The van der Waals surface area contributed by atoms with Crippen LogP contribution in [-0.2, 0) is 9.53 Å². The Kier molecular flexibility index (Phi) is 7.03. The van der Waals surface area contributed by atoms with Gasteiger partial charge in [-0.2, -0.15) is 0 Å². The van der Waals surface area contributed by atoms with Gasteiger partial charge >= 0.3 is 6.09 Å². The van der Waals surface area contributed by atoms with E-state index in [1.165, 1.54) is 6.42 Å². The normalized spacial score (nSPS) is 18.1. The van der Waals surface area contributed by atoms with E-state index in [0.29, 0.717) is 12.5 Å². The van der Waals surface area contributed by atoms with Gasteiger partial charge in [0.25, 0.3) is 0 Å². The Morgan fingerprint density at radius 2 is 1.70 bits per heavy atom. The molecule has 1 atom stereocenters. The Morgan fingerprint density at radius 3 is 2.20 bits per heavy atom. The first-order chi connectivity index (χ1) is 9.41. The molecule has 0 heterocycles. The number of amides is 1. The van der Waals surface area contributed by atoms with Gasteiger partial charge in [0, 0.05) is 5.92 Å².